The Kier molecular flexibility index (Phi) is 5.71. The van der Waals surface area contributed by atoms with Gasteiger partial charge in [-0.05, 0) is 6.92 Å². The van der Waals surface area contributed by atoms with Crippen LogP contribution in [0.3, 0.4) is 0 Å². The minimum Gasteiger partial charge on any atom is -0.479 e. The van der Waals surface area contributed by atoms with Gasteiger partial charge in [-0.2, -0.15) is 0 Å². The number of anilines is 2. The Labute approximate surface area is 161 Å². The van der Waals surface area contributed by atoms with Crippen molar-refractivity contribution in [1.29, 1.82) is 0 Å². The highest BCUT2D eigenvalue weighted by molar-refractivity contribution is 8.01. The summed E-state index contributed by atoms with van der Waals surface area (Å²) in [5.41, 5.74) is 0.284. The molecule has 3 heterocycles. The van der Waals surface area contributed by atoms with Crippen LogP contribution in [0.2, 0.25) is 0 Å². The van der Waals surface area contributed by atoms with Crippen LogP contribution in [0.5, 0.6) is 5.88 Å². The summed E-state index contributed by atoms with van der Waals surface area (Å²) < 4.78 is 11.9. The maximum atomic E-state index is 12.3. The highest BCUT2D eigenvalue weighted by Gasteiger charge is 2.18. The summed E-state index contributed by atoms with van der Waals surface area (Å²) in [6, 6.07) is 1.62. The second kappa shape index (κ2) is 8.18. The van der Waals surface area contributed by atoms with Crippen LogP contribution in [0.4, 0.5) is 10.9 Å². The number of methoxy groups -OCH3 is 1. The number of nitrogens with one attached hydrogen (secondary N) is 2. The monoisotopic (exact) mass is 409 g/mol. The maximum Gasteiger partial charge on any atom is 0.264 e. The van der Waals surface area contributed by atoms with E-state index in [2.05, 4.69) is 31.1 Å². The molecule has 0 atom stereocenters. The van der Waals surface area contributed by atoms with Crippen molar-refractivity contribution in [3.63, 3.8) is 0 Å². The Hall–Kier alpha value is -2.93. The molecule has 2 amide bonds. The van der Waals surface area contributed by atoms with Crippen molar-refractivity contribution >= 4 is 45.9 Å². The highest BCUT2D eigenvalue weighted by Crippen LogP contribution is 2.26. The van der Waals surface area contributed by atoms with Crippen molar-refractivity contribution in [3.05, 3.63) is 23.6 Å². The number of thioether (sulfide) groups is 1. The molecule has 3 rings (SSSR count). The fraction of sp³-hybridized carbons (Fsp3) is 0.286. The molecule has 0 aromatic carbocycles. The molecule has 11 nitrogen and oxygen atoms in total. The molecule has 27 heavy (non-hydrogen) atoms. The molecule has 0 saturated carbocycles. The standard InChI is InChI=1S/C14H15N7O4S2/c1-7-4-9(20-25-7)15-10(22)6-26-14-18-17-13(27-14)16-11(23)8-5-21(2)19-12(8)24-3/h4-5H,6H2,1-3H3,(H,15,20,22)(H,16,17,23). The summed E-state index contributed by atoms with van der Waals surface area (Å²) in [4.78, 5) is 24.2. The van der Waals surface area contributed by atoms with E-state index >= 15 is 0 Å². The average molecular weight is 409 g/mol. The van der Waals surface area contributed by atoms with Crippen LogP contribution in [0.15, 0.2) is 21.1 Å². The minimum atomic E-state index is -0.410. The molecule has 142 valence electrons. The topological polar surface area (TPSA) is 137 Å². The van der Waals surface area contributed by atoms with Gasteiger partial charge in [-0.3, -0.25) is 19.6 Å². The molecule has 0 aliphatic carbocycles. The molecule has 0 radical (unpaired) electrons. The number of hydrogen-bond acceptors (Lipinski definition) is 10. The molecule has 2 N–H and O–H groups in total. The smallest absolute Gasteiger partial charge is 0.264 e. The third-order valence-electron chi connectivity index (χ3n) is 3.08. The van der Waals surface area contributed by atoms with Crippen LogP contribution in [-0.2, 0) is 11.8 Å². The van der Waals surface area contributed by atoms with Gasteiger partial charge in [0.05, 0.1) is 12.9 Å². The lowest BCUT2D eigenvalue weighted by Crippen LogP contribution is -2.14. The number of amides is 2. The molecule has 0 saturated heterocycles. The molecule has 0 aliphatic heterocycles. The molecule has 13 heteroatoms. The predicted octanol–water partition coefficient (Wildman–Crippen LogP) is 1.56. The van der Waals surface area contributed by atoms with Gasteiger partial charge in [0.2, 0.25) is 16.9 Å². The lowest BCUT2D eigenvalue weighted by Gasteiger charge is -2.00. The Balaban J connectivity index is 1.53. The van der Waals surface area contributed by atoms with E-state index < -0.39 is 5.91 Å². The lowest BCUT2D eigenvalue weighted by molar-refractivity contribution is -0.113. The van der Waals surface area contributed by atoms with E-state index in [1.807, 2.05) is 0 Å². The van der Waals surface area contributed by atoms with E-state index in [4.69, 9.17) is 9.26 Å². The van der Waals surface area contributed by atoms with Crippen molar-refractivity contribution in [2.75, 3.05) is 23.5 Å². The van der Waals surface area contributed by atoms with Gasteiger partial charge in [-0.1, -0.05) is 28.3 Å². The van der Waals surface area contributed by atoms with Crippen LogP contribution in [-0.4, -0.2) is 49.8 Å². The van der Waals surface area contributed by atoms with Gasteiger partial charge in [-0.15, -0.1) is 15.3 Å². The Morgan fingerprint density at radius 1 is 1.37 bits per heavy atom. The molecular weight excluding hydrogens is 394 g/mol. The van der Waals surface area contributed by atoms with Crippen LogP contribution < -0.4 is 15.4 Å². The number of carbonyl (C=O) groups is 2. The summed E-state index contributed by atoms with van der Waals surface area (Å²) >= 11 is 2.35. The summed E-state index contributed by atoms with van der Waals surface area (Å²) in [7, 11) is 3.12. The number of rotatable bonds is 7. The van der Waals surface area contributed by atoms with Gasteiger partial charge in [0.1, 0.15) is 11.3 Å². The van der Waals surface area contributed by atoms with E-state index in [0.29, 0.717) is 21.0 Å². The molecule has 0 aliphatic rings. The fourth-order valence-corrected chi connectivity index (χ4v) is 3.54. The first-order valence-corrected chi connectivity index (χ1v) is 9.33. The second-order valence-corrected chi connectivity index (χ2v) is 7.41. The lowest BCUT2D eigenvalue weighted by atomic mass is 10.3. The van der Waals surface area contributed by atoms with E-state index in [0.717, 1.165) is 11.3 Å². The Bertz CT molecular complexity index is 964. The molecule has 0 fully saturated rings. The summed E-state index contributed by atoms with van der Waals surface area (Å²) in [5.74, 6) is 0.626. The van der Waals surface area contributed by atoms with Gasteiger partial charge in [-0.25, -0.2) is 0 Å². The first kappa shape index (κ1) is 18.8. The van der Waals surface area contributed by atoms with Gasteiger partial charge in [0.15, 0.2) is 10.2 Å². The number of carbonyl (C=O) groups excluding carboxylic acids is 2. The van der Waals surface area contributed by atoms with Crippen LogP contribution in [0.25, 0.3) is 0 Å². The highest BCUT2D eigenvalue weighted by atomic mass is 32.2. The quantitative estimate of drug-likeness (QED) is 0.440. The number of aryl methyl sites for hydroxylation is 2. The average Bonchev–Trinajstić information content (AvgIpc) is 3.33. The van der Waals surface area contributed by atoms with E-state index in [1.54, 1.807) is 26.2 Å². The predicted molar refractivity (Wildman–Crippen MR) is 98.2 cm³/mol. The van der Waals surface area contributed by atoms with Crippen molar-refractivity contribution in [3.8, 4) is 5.88 Å². The van der Waals surface area contributed by atoms with E-state index in [1.165, 1.54) is 23.6 Å². The second-order valence-electron chi connectivity index (χ2n) is 5.21. The first-order chi connectivity index (χ1) is 12.9. The Morgan fingerprint density at radius 3 is 2.89 bits per heavy atom. The summed E-state index contributed by atoms with van der Waals surface area (Å²) in [6.45, 7) is 1.73. The zero-order chi connectivity index (χ0) is 19.4. The summed E-state index contributed by atoms with van der Waals surface area (Å²) in [5, 5.41) is 21.1. The van der Waals surface area contributed by atoms with Crippen molar-refractivity contribution in [2.45, 2.75) is 11.3 Å². The minimum absolute atomic E-state index is 0.116. The maximum absolute atomic E-state index is 12.3. The molecule has 3 aromatic rings. The third kappa shape index (κ3) is 4.83. The van der Waals surface area contributed by atoms with Crippen molar-refractivity contribution in [1.82, 2.24) is 25.1 Å². The normalized spacial score (nSPS) is 10.6. The first-order valence-electron chi connectivity index (χ1n) is 7.53. The van der Waals surface area contributed by atoms with Crippen LogP contribution >= 0.6 is 23.1 Å². The number of aromatic nitrogens is 5. The number of nitrogens with zero attached hydrogens (tertiary/aromatic N) is 5. The van der Waals surface area contributed by atoms with Crippen molar-refractivity contribution in [2.24, 2.45) is 7.05 Å². The van der Waals surface area contributed by atoms with E-state index in [9.17, 15) is 9.59 Å². The van der Waals surface area contributed by atoms with Gasteiger partial charge in [0.25, 0.3) is 5.91 Å². The van der Waals surface area contributed by atoms with Gasteiger partial charge >= 0.3 is 0 Å². The summed E-state index contributed by atoms with van der Waals surface area (Å²) in [6.07, 6.45) is 1.54. The van der Waals surface area contributed by atoms with E-state index in [-0.39, 0.29) is 23.1 Å². The Morgan fingerprint density at radius 2 is 2.19 bits per heavy atom. The molecular formula is C14H15N7O4S2. The SMILES string of the molecule is COc1nn(C)cc1C(=O)Nc1nnc(SCC(=O)Nc2cc(C)on2)s1. The molecule has 0 spiro atoms. The molecule has 0 unspecified atom stereocenters. The van der Waals surface area contributed by atoms with Crippen molar-refractivity contribution < 1.29 is 18.8 Å². The fourth-order valence-electron chi connectivity index (χ4n) is 1.99. The number of ether oxygens (including phenoxy) is 1. The van der Waals surface area contributed by atoms with Gasteiger partial charge in [0, 0.05) is 19.3 Å². The van der Waals surface area contributed by atoms with Crippen LogP contribution in [0.1, 0.15) is 16.1 Å². The van der Waals surface area contributed by atoms with Crippen LogP contribution in [0, 0.1) is 6.92 Å². The van der Waals surface area contributed by atoms with Gasteiger partial charge < -0.3 is 14.6 Å². The molecule has 0 bridgehead atoms. The zero-order valence-corrected chi connectivity index (χ0v) is 16.2. The zero-order valence-electron chi connectivity index (χ0n) is 14.5. The largest absolute Gasteiger partial charge is 0.479 e. The molecule has 3 aromatic heterocycles. The third-order valence-corrected chi connectivity index (χ3v) is 5.05. The number of hydrogen-bond donors (Lipinski definition) is 2.